The van der Waals surface area contributed by atoms with Gasteiger partial charge in [-0.05, 0) is 36.6 Å². The Kier molecular flexibility index (Phi) is 4.66. The molecule has 7 nitrogen and oxygen atoms in total. The zero-order chi connectivity index (χ0) is 17.3. The molecule has 1 aliphatic rings. The van der Waals surface area contributed by atoms with E-state index < -0.39 is 0 Å². The normalized spacial score (nSPS) is 16.8. The second-order valence-electron chi connectivity index (χ2n) is 5.75. The fraction of sp³-hybridized carbons (Fsp3) is 0.438. The third-order valence-electron chi connectivity index (χ3n) is 4.30. The van der Waals surface area contributed by atoms with Gasteiger partial charge in [0.05, 0.1) is 18.9 Å². The van der Waals surface area contributed by atoms with E-state index in [0.717, 1.165) is 22.7 Å². The summed E-state index contributed by atoms with van der Waals surface area (Å²) in [4.78, 5) is 14.5. The number of thioether (sulfide) groups is 1. The van der Waals surface area contributed by atoms with Crippen LogP contribution in [0.3, 0.4) is 0 Å². The van der Waals surface area contributed by atoms with Crippen LogP contribution in [0, 0.1) is 0 Å². The standard InChI is InChI=1S/C16H20N4O3S/c1-10-12-7-14(23-3)13(21)6-11(12)4-5-20(10)15(22)8-24-16-18-17-9-19(16)2/h6-7,9-10,21H,4-5,8H2,1-3H3/t10-/m0/s1. The van der Waals surface area contributed by atoms with Crippen LogP contribution in [0.1, 0.15) is 24.1 Å². The molecule has 1 N–H and O–H groups in total. The van der Waals surface area contributed by atoms with Gasteiger partial charge in [-0.25, -0.2) is 0 Å². The van der Waals surface area contributed by atoms with E-state index in [-0.39, 0.29) is 17.7 Å². The maximum absolute atomic E-state index is 12.6. The van der Waals surface area contributed by atoms with Crippen molar-refractivity contribution < 1.29 is 14.6 Å². The number of fused-ring (bicyclic) bond motifs is 1. The lowest BCUT2D eigenvalue weighted by Gasteiger charge is -2.35. The minimum atomic E-state index is -0.0594. The minimum Gasteiger partial charge on any atom is -0.504 e. The van der Waals surface area contributed by atoms with E-state index in [9.17, 15) is 9.90 Å². The van der Waals surface area contributed by atoms with Gasteiger partial charge in [0.25, 0.3) is 0 Å². The summed E-state index contributed by atoms with van der Waals surface area (Å²) in [5.41, 5.74) is 2.08. The van der Waals surface area contributed by atoms with Crippen LogP contribution in [0.15, 0.2) is 23.6 Å². The topological polar surface area (TPSA) is 80.5 Å². The van der Waals surface area contributed by atoms with E-state index in [1.165, 1.54) is 18.9 Å². The first-order chi connectivity index (χ1) is 11.5. The van der Waals surface area contributed by atoms with Crippen LogP contribution < -0.4 is 4.74 Å². The summed E-state index contributed by atoms with van der Waals surface area (Å²) >= 11 is 1.38. The number of aromatic hydroxyl groups is 1. The zero-order valence-corrected chi connectivity index (χ0v) is 14.7. The number of phenolic OH excluding ortho intramolecular Hbond substituents is 1. The van der Waals surface area contributed by atoms with Crippen molar-refractivity contribution >= 4 is 17.7 Å². The number of phenols is 1. The predicted octanol–water partition coefficient (Wildman–Crippen LogP) is 1.77. The largest absolute Gasteiger partial charge is 0.504 e. The number of aromatic nitrogens is 3. The SMILES string of the molecule is COc1cc2c(cc1O)CCN(C(=O)CSc1nncn1C)[C@H]2C. The van der Waals surface area contributed by atoms with Gasteiger partial charge in [0, 0.05) is 13.6 Å². The van der Waals surface area contributed by atoms with E-state index in [0.29, 0.717) is 18.0 Å². The zero-order valence-electron chi connectivity index (χ0n) is 13.9. The molecule has 2 heterocycles. The molecule has 3 rings (SSSR count). The average Bonchev–Trinajstić information content (AvgIpc) is 2.97. The van der Waals surface area contributed by atoms with Gasteiger partial charge in [0.1, 0.15) is 6.33 Å². The van der Waals surface area contributed by atoms with Crippen molar-refractivity contribution in [1.29, 1.82) is 0 Å². The molecule has 1 aromatic carbocycles. The van der Waals surface area contributed by atoms with Gasteiger partial charge in [-0.15, -0.1) is 10.2 Å². The van der Waals surface area contributed by atoms with Crippen LogP contribution in [0.2, 0.25) is 0 Å². The number of nitrogens with zero attached hydrogens (tertiary/aromatic N) is 4. The lowest BCUT2D eigenvalue weighted by Crippen LogP contribution is -2.39. The number of amides is 1. The number of benzene rings is 1. The highest BCUT2D eigenvalue weighted by molar-refractivity contribution is 7.99. The number of hydrogen-bond acceptors (Lipinski definition) is 6. The Balaban J connectivity index is 1.74. The molecule has 1 amide bonds. The minimum absolute atomic E-state index is 0.0594. The maximum Gasteiger partial charge on any atom is 0.233 e. The molecule has 0 saturated heterocycles. The van der Waals surface area contributed by atoms with Gasteiger partial charge in [0.2, 0.25) is 5.91 Å². The number of methoxy groups -OCH3 is 1. The molecule has 1 atom stereocenters. The van der Waals surface area contributed by atoms with Crippen molar-refractivity contribution in [3.8, 4) is 11.5 Å². The number of aryl methyl sites for hydroxylation is 1. The Hall–Kier alpha value is -2.22. The first-order valence-corrected chi connectivity index (χ1v) is 8.66. The molecule has 0 fully saturated rings. The number of carbonyl (C=O) groups is 1. The van der Waals surface area contributed by atoms with Crippen molar-refractivity contribution in [2.75, 3.05) is 19.4 Å². The molecule has 1 aliphatic heterocycles. The highest BCUT2D eigenvalue weighted by Crippen LogP contribution is 2.37. The van der Waals surface area contributed by atoms with Crippen LogP contribution in [0.5, 0.6) is 11.5 Å². The Morgan fingerprint density at radius 2 is 2.29 bits per heavy atom. The molecular weight excluding hydrogens is 328 g/mol. The molecule has 2 aromatic rings. The third kappa shape index (κ3) is 3.06. The summed E-state index contributed by atoms with van der Waals surface area (Å²) in [5, 5.41) is 18.4. The van der Waals surface area contributed by atoms with E-state index in [1.54, 1.807) is 17.0 Å². The molecule has 0 saturated carbocycles. The van der Waals surface area contributed by atoms with Crippen molar-refractivity contribution in [3.63, 3.8) is 0 Å². The van der Waals surface area contributed by atoms with Crippen LogP contribution in [0.4, 0.5) is 0 Å². The molecule has 8 heteroatoms. The van der Waals surface area contributed by atoms with Gasteiger partial charge in [-0.3, -0.25) is 4.79 Å². The lowest BCUT2D eigenvalue weighted by atomic mass is 9.93. The van der Waals surface area contributed by atoms with Gasteiger partial charge in [-0.2, -0.15) is 0 Å². The highest BCUT2D eigenvalue weighted by Gasteiger charge is 2.29. The monoisotopic (exact) mass is 348 g/mol. The lowest BCUT2D eigenvalue weighted by molar-refractivity contribution is -0.130. The molecule has 0 aliphatic carbocycles. The van der Waals surface area contributed by atoms with Crippen LogP contribution >= 0.6 is 11.8 Å². The summed E-state index contributed by atoms with van der Waals surface area (Å²) in [5.74, 6) is 0.958. The predicted molar refractivity (Wildman–Crippen MR) is 90.2 cm³/mol. The van der Waals surface area contributed by atoms with E-state index in [2.05, 4.69) is 10.2 Å². The van der Waals surface area contributed by atoms with E-state index in [1.807, 2.05) is 24.9 Å². The molecule has 0 bridgehead atoms. The molecule has 1 aromatic heterocycles. The number of rotatable bonds is 4. The Morgan fingerprint density at radius 1 is 1.50 bits per heavy atom. The summed E-state index contributed by atoms with van der Waals surface area (Å²) in [6.07, 6.45) is 2.34. The van der Waals surface area contributed by atoms with E-state index in [4.69, 9.17) is 4.74 Å². The summed E-state index contributed by atoms with van der Waals surface area (Å²) in [7, 11) is 3.38. The molecule has 0 spiro atoms. The van der Waals surface area contributed by atoms with Crippen LogP contribution in [-0.4, -0.2) is 50.1 Å². The summed E-state index contributed by atoms with van der Waals surface area (Å²) < 4.78 is 6.98. The summed E-state index contributed by atoms with van der Waals surface area (Å²) in [6.45, 7) is 2.64. The van der Waals surface area contributed by atoms with E-state index >= 15 is 0 Å². The quantitative estimate of drug-likeness (QED) is 0.848. The molecular formula is C16H20N4O3S. The van der Waals surface area contributed by atoms with Crippen LogP contribution in [0.25, 0.3) is 0 Å². The second-order valence-corrected chi connectivity index (χ2v) is 6.69. The van der Waals surface area contributed by atoms with Crippen LogP contribution in [-0.2, 0) is 18.3 Å². The van der Waals surface area contributed by atoms with Crippen molar-refractivity contribution in [1.82, 2.24) is 19.7 Å². The molecule has 0 radical (unpaired) electrons. The number of ether oxygens (including phenoxy) is 1. The number of carbonyl (C=O) groups excluding carboxylic acids is 1. The molecule has 24 heavy (non-hydrogen) atoms. The van der Waals surface area contributed by atoms with Gasteiger partial charge in [0.15, 0.2) is 16.7 Å². The first-order valence-electron chi connectivity index (χ1n) is 7.67. The van der Waals surface area contributed by atoms with Gasteiger partial charge in [-0.1, -0.05) is 11.8 Å². The maximum atomic E-state index is 12.6. The molecule has 0 unspecified atom stereocenters. The average molecular weight is 348 g/mol. The van der Waals surface area contributed by atoms with Gasteiger partial charge >= 0.3 is 0 Å². The Morgan fingerprint density at radius 3 is 2.96 bits per heavy atom. The van der Waals surface area contributed by atoms with Crippen molar-refractivity contribution in [2.24, 2.45) is 7.05 Å². The smallest absolute Gasteiger partial charge is 0.233 e. The van der Waals surface area contributed by atoms with Crippen molar-refractivity contribution in [2.45, 2.75) is 24.5 Å². The number of hydrogen-bond donors (Lipinski definition) is 1. The fourth-order valence-electron chi connectivity index (χ4n) is 2.95. The third-order valence-corrected chi connectivity index (χ3v) is 5.31. The Labute approximate surface area is 144 Å². The molecule has 128 valence electrons. The first kappa shape index (κ1) is 16.6. The fourth-order valence-corrected chi connectivity index (χ4v) is 3.73. The second kappa shape index (κ2) is 6.72. The summed E-state index contributed by atoms with van der Waals surface area (Å²) in [6, 6.07) is 3.50. The highest BCUT2D eigenvalue weighted by atomic mass is 32.2. The Bertz CT molecular complexity index is 762. The van der Waals surface area contributed by atoms with Crippen molar-refractivity contribution in [3.05, 3.63) is 29.6 Å². The van der Waals surface area contributed by atoms with Gasteiger partial charge < -0.3 is 19.3 Å².